The van der Waals surface area contributed by atoms with Crippen LogP contribution in [0, 0.1) is 0 Å². The van der Waals surface area contributed by atoms with E-state index >= 15 is 0 Å². The number of nitrogens with zero attached hydrogens (tertiary/aromatic N) is 2. The predicted octanol–water partition coefficient (Wildman–Crippen LogP) is 4.85. The first-order valence-corrected chi connectivity index (χ1v) is 12.6. The number of benzene rings is 2. The summed E-state index contributed by atoms with van der Waals surface area (Å²) in [6.07, 6.45) is -0.0279. The van der Waals surface area contributed by atoms with Crippen molar-refractivity contribution in [1.29, 1.82) is 0 Å². The highest BCUT2D eigenvalue weighted by atomic mass is 35.5. The monoisotopic (exact) mass is 528 g/mol. The number of thiazole rings is 1. The van der Waals surface area contributed by atoms with E-state index in [2.05, 4.69) is 15.0 Å². The molecule has 1 aliphatic heterocycles. The van der Waals surface area contributed by atoms with Gasteiger partial charge in [0.05, 0.1) is 15.6 Å². The molecular weight excluding hydrogens is 511 g/mol. The summed E-state index contributed by atoms with van der Waals surface area (Å²) in [6.45, 7) is 0.307. The lowest BCUT2D eigenvalue weighted by Crippen LogP contribution is -2.33. The Morgan fingerprint density at radius 3 is 2.64 bits per heavy atom. The first kappa shape index (κ1) is 23.3. The molecule has 0 bridgehead atoms. The van der Waals surface area contributed by atoms with Crippen LogP contribution in [0.4, 0.5) is 21.3 Å². The fourth-order valence-corrected chi connectivity index (χ4v) is 5.38. The van der Waals surface area contributed by atoms with Crippen LogP contribution in [0.2, 0.25) is 10.0 Å². The van der Waals surface area contributed by atoms with E-state index in [0.717, 1.165) is 11.3 Å². The molecule has 2 N–H and O–H groups in total. The number of ether oxygens (including phenoxy) is 1. The van der Waals surface area contributed by atoms with Crippen molar-refractivity contribution in [2.45, 2.75) is 17.4 Å². The number of aromatic nitrogens is 1. The van der Waals surface area contributed by atoms with Gasteiger partial charge in [-0.2, -0.15) is 0 Å². The van der Waals surface area contributed by atoms with Crippen molar-refractivity contribution in [3.05, 3.63) is 64.1 Å². The molecule has 1 atom stereocenters. The number of rotatable bonds is 6. The third-order valence-electron chi connectivity index (χ3n) is 4.69. The van der Waals surface area contributed by atoms with Crippen molar-refractivity contribution in [2.75, 3.05) is 21.5 Å². The number of hydrogen-bond acceptors (Lipinski definition) is 7. The molecule has 0 aliphatic carbocycles. The molecule has 2 amide bonds. The molecule has 174 valence electrons. The quantitative estimate of drug-likeness (QED) is 0.472. The predicted molar refractivity (Wildman–Crippen MR) is 129 cm³/mol. The zero-order valence-corrected chi connectivity index (χ0v) is 19.8. The molecule has 2 aromatic carbocycles. The van der Waals surface area contributed by atoms with Gasteiger partial charge in [-0.1, -0.05) is 23.2 Å². The summed E-state index contributed by atoms with van der Waals surface area (Å²) in [4.78, 5) is 30.3. The first-order chi connectivity index (χ1) is 15.7. The van der Waals surface area contributed by atoms with Gasteiger partial charge in [0.25, 0.3) is 15.9 Å². The normalized spacial score (nSPS) is 16.0. The van der Waals surface area contributed by atoms with E-state index in [4.69, 9.17) is 27.9 Å². The molecule has 2 heterocycles. The van der Waals surface area contributed by atoms with Crippen molar-refractivity contribution in [1.82, 2.24) is 4.98 Å². The fraction of sp³-hybridized carbons (Fsp3) is 0.150. The Morgan fingerprint density at radius 2 is 1.97 bits per heavy atom. The SMILES string of the molecule is O=C(Nc1ccc(Cl)cc1Cl)OC1CCN(c2ccc(S(=O)(=O)Nc3nccs3)cc2)C1=O.[HH]. The van der Waals surface area contributed by atoms with E-state index in [-0.39, 0.29) is 22.9 Å². The van der Waals surface area contributed by atoms with Gasteiger partial charge in [0, 0.05) is 36.7 Å². The number of hydrogen-bond donors (Lipinski definition) is 2. The van der Waals surface area contributed by atoms with Gasteiger partial charge in [-0.3, -0.25) is 14.8 Å². The summed E-state index contributed by atoms with van der Waals surface area (Å²) in [5, 5.41) is 5.04. The second kappa shape index (κ2) is 9.56. The molecule has 0 radical (unpaired) electrons. The summed E-state index contributed by atoms with van der Waals surface area (Å²) in [5.41, 5.74) is 0.789. The van der Waals surface area contributed by atoms with Crippen LogP contribution in [-0.2, 0) is 19.6 Å². The van der Waals surface area contributed by atoms with Crippen LogP contribution in [0.25, 0.3) is 0 Å². The number of anilines is 3. The number of amides is 2. The van der Waals surface area contributed by atoms with E-state index in [1.807, 2.05) is 0 Å². The summed E-state index contributed by atoms with van der Waals surface area (Å²) in [7, 11) is -3.80. The van der Waals surface area contributed by atoms with Gasteiger partial charge in [-0.15, -0.1) is 11.3 Å². The molecule has 1 unspecified atom stereocenters. The van der Waals surface area contributed by atoms with Gasteiger partial charge in [0.15, 0.2) is 11.2 Å². The minimum Gasteiger partial charge on any atom is -0.436 e. The van der Waals surface area contributed by atoms with Gasteiger partial charge in [0.2, 0.25) is 0 Å². The van der Waals surface area contributed by atoms with Gasteiger partial charge in [0.1, 0.15) is 0 Å². The molecule has 13 heteroatoms. The standard InChI is InChI=1S/C20H16Cl2N4O5S2.H2/c21-12-1-6-16(15(22)11-12)24-20(28)31-17-7-9-26(18(17)27)13-2-4-14(5-3-13)33(29,30)25-19-23-8-10-32-19;/h1-6,8,10-11,17H,7,9H2,(H,23,25)(H,24,28);1H. The van der Waals surface area contributed by atoms with Gasteiger partial charge < -0.3 is 9.64 Å². The average Bonchev–Trinajstić information content (AvgIpc) is 3.40. The van der Waals surface area contributed by atoms with E-state index in [0.29, 0.717) is 22.9 Å². The van der Waals surface area contributed by atoms with E-state index in [1.165, 1.54) is 47.5 Å². The Bertz CT molecular complexity index is 1290. The average molecular weight is 529 g/mol. The largest absolute Gasteiger partial charge is 0.436 e. The van der Waals surface area contributed by atoms with Crippen molar-refractivity contribution in [3.63, 3.8) is 0 Å². The van der Waals surface area contributed by atoms with Gasteiger partial charge in [-0.05, 0) is 42.5 Å². The Hall–Kier alpha value is -2.86. The highest BCUT2D eigenvalue weighted by Crippen LogP contribution is 2.28. The van der Waals surface area contributed by atoms with Crippen LogP contribution in [0.3, 0.4) is 0 Å². The number of carbonyl (C=O) groups excluding carboxylic acids is 2. The summed E-state index contributed by atoms with van der Waals surface area (Å²) in [5.74, 6) is -0.413. The highest BCUT2D eigenvalue weighted by Gasteiger charge is 2.35. The Kier molecular flexibility index (Phi) is 6.75. The molecule has 3 aromatic rings. The Morgan fingerprint density at radius 1 is 1.21 bits per heavy atom. The number of halogens is 2. The molecular formula is C20H18Cl2N4O5S2. The lowest BCUT2D eigenvalue weighted by atomic mass is 10.3. The maximum atomic E-state index is 12.7. The van der Waals surface area contributed by atoms with Crippen molar-refractivity contribution >= 4 is 73.1 Å². The molecule has 1 fully saturated rings. The van der Waals surface area contributed by atoms with Crippen LogP contribution in [0.15, 0.2) is 58.9 Å². The van der Waals surface area contributed by atoms with E-state index < -0.39 is 28.1 Å². The number of carbonyl (C=O) groups is 2. The molecule has 0 saturated carbocycles. The summed E-state index contributed by atoms with van der Waals surface area (Å²) < 4.78 is 32.6. The number of nitrogens with one attached hydrogen (secondary N) is 2. The van der Waals surface area contributed by atoms with E-state index in [1.54, 1.807) is 11.4 Å². The van der Waals surface area contributed by atoms with Crippen LogP contribution in [0.1, 0.15) is 7.85 Å². The molecule has 9 nitrogen and oxygen atoms in total. The zero-order chi connectivity index (χ0) is 23.6. The Labute approximate surface area is 204 Å². The second-order valence-corrected chi connectivity index (χ2v) is 10.3. The molecule has 4 rings (SSSR count). The summed E-state index contributed by atoms with van der Waals surface area (Å²) >= 11 is 13.0. The van der Waals surface area contributed by atoms with Crippen molar-refractivity contribution < 1.29 is 24.2 Å². The molecule has 1 aliphatic rings. The smallest absolute Gasteiger partial charge is 0.412 e. The van der Waals surface area contributed by atoms with Gasteiger partial charge >= 0.3 is 6.09 Å². The van der Waals surface area contributed by atoms with Crippen LogP contribution in [0.5, 0.6) is 0 Å². The molecule has 1 aromatic heterocycles. The van der Waals surface area contributed by atoms with Crippen LogP contribution in [-0.4, -0.2) is 38.1 Å². The first-order valence-electron chi connectivity index (χ1n) is 9.49. The lowest BCUT2D eigenvalue weighted by molar-refractivity contribution is -0.124. The fourth-order valence-electron chi connectivity index (χ4n) is 3.13. The second-order valence-electron chi connectivity index (χ2n) is 6.86. The lowest BCUT2D eigenvalue weighted by Gasteiger charge is -2.17. The minimum absolute atomic E-state index is 0. The third kappa shape index (κ3) is 5.38. The maximum absolute atomic E-state index is 12.7. The van der Waals surface area contributed by atoms with Gasteiger partial charge in [-0.25, -0.2) is 18.2 Å². The molecule has 1 saturated heterocycles. The maximum Gasteiger partial charge on any atom is 0.412 e. The summed E-state index contributed by atoms with van der Waals surface area (Å²) in [6, 6.07) is 10.4. The highest BCUT2D eigenvalue weighted by molar-refractivity contribution is 7.93. The van der Waals surface area contributed by atoms with Crippen molar-refractivity contribution in [3.8, 4) is 0 Å². The third-order valence-corrected chi connectivity index (χ3v) is 7.41. The van der Waals surface area contributed by atoms with E-state index in [9.17, 15) is 18.0 Å². The van der Waals surface area contributed by atoms with Crippen molar-refractivity contribution in [2.24, 2.45) is 0 Å². The van der Waals surface area contributed by atoms with Crippen LogP contribution < -0.4 is 14.9 Å². The van der Waals surface area contributed by atoms with Crippen LogP contribution >= 0.6 is 34.5 Å². The number of sulfonamides is 1. The molecule has 33 heavy (non-hydrogen) atoms. The topological polar surface area (TPSA) is 118 Å². The Balaban J connectivity index is 0.00000324. The minimum atomic E-state index is -3.80. The zero-order valence-electron chi connectivity index (χ0n) is 16.7. The molecule has 0 spiro atoms.